The number of β-lactam (4-membered cyclic amide) rings is 1. The molecule has 2 aromatic carbocycles. The van der Waals surface area contributed by atoms with E-state index in [9.17, 15) is 14.4 Å². The van der Waals surface area contributed by atoms with Crippen molar-refractivity contribution in [2.24, 2.45) is 0 Å². The monoisotopic (exact) mass is 516 g/mol. The largest absolute Gasteiger partial charge is 0.497 e. The van der Waals surface area contributed by atoms with Crippen LogP contribution >= 0.6 is 23.5 Å². The Bertz CT molecular complexity index is 1090. The predicted octanol–water partition coefficient (Wildman–Crippen LogP) is 3.06. The number of amides is 2. The quantitative estimate of drug-likeness (QED) is 0.309. The Hall–Kier alpha value is -2.85. The van der Waals surface area contributed by atoms with Crippen molar-refractivity contribution >= 4 is 41.3 Å². The van der Waals surface area contributed by atoms with E-state index in [-0.39, 0.29) is 19.1 Å². The van der Waals surface area contributed by atoms with Crippen molar-refractivity contribution in [3.8, 4) is 11.5 Å². The summed E-state index contributed by atoms with van der Waals surface area (Å²) in [5, 5.41) is 2.46. The lowest BCUT2D eigenvalue weighted by Crippen LogP contribution is -2.78. The lowest BCUT2D eigenvalue weighted by molar-refractivity contribution is -0.167. The molecule has 2 fully saturated rings. The fourth-order valence-electron chi connectivity index (χ4n) is 4.23. The molecule has 2 aliphatic heterocycles. The molecule has 4 rings (SSSR count). The number of methoxy groups -OCH3 is 1. The van der Waals surface area contributed by atoms with Gasteiger partial charge in [0.25, 0.3) is 11.8 Å². The van der Waals surface area contributed by atoms with Gasteiger partial charge < -0.3 is 24.4 Å². The zero-order valence-corrected chi connectivity index (χ0v) is 21.6. The molecule has 2 saturated heterocycles. The second kappa shape index (κ2) is 10.0. The van der Waals surface area contributed by atoms with Crippen LogP contribution in [0.5, 0.6) is 11.5 Å². The maximum Gasteiger partial charge on any atom is 0.330 e. The number of nitrogens with one attached hydrogen (secondary N) is 1. The second-order valence-electron chi connectivity index (χ2n) is 8.73. The van der Waals surface area contributed by atoms with Crippen molar-refractivity contribution in [3.63, 3.8) is 0 Å². The SMILES string of the molecule is COc1ccc(COC(=O)[C@@H]2N3C(=O)[C@](NC(=O)COc4ccccc4)(SC)[C@H]3SC2(C)C)cc1. The minimum Gasteiger partial charge on any atom is -0.497 e. The molecule has 186 valence electrons. The lowest BCUT2D eigenvalue weighted by Gasteiger charge is -2.52. The first-order valence-electron chi connectivity index (χ1n) is 11.1. The van der Waals surface area contributed by atoms with Crippen LogP contribution in [-0.4, -0.2) is 63.7 Å². The fourth-order valence-corrected chi connectivity index (χ4v) is 7.04. The average Bonchev–Trinajstić information content (AvgIpc) is 3.14. The van der Waals surface area contributed by atoms with Gasteiger partial charge in [0.15, 0.2) is 11.5 Å². The van der Waals surface area contributed by atoms with Crippen LogP contribution in [0, 0.1) is 0 Å². The summed E-state index contributed by atoms with van der Waals surface area (Å²) >= 11 is 2.74. The Labute approximate surface area is 213 Å². The van der Waals surface area contributed by atoms with Crippen molar-refractivity contribution in [1.82, 2.24) is 10.2 Å². The standard InChI is InChI=1S/C25H28N2O6S2/c1-24(2)20(21(29)33-14-16-10-12-17(31-3)13-11-16)27-22(30)25(34-4,23(27)35-24)26-19(28)15-32-18-8-6-5-7-9-18/h5-13,20,23H,14-15H2,1-4H3,(H,26,28)/t20-,23+,25-/m0/s1. The van der Waals surface area contributed by atoms with Gasteiger partial charge in [-0.2, -0.15) is 0 Å². The predicted molar refractivity (Wildman–Crippen MR) is 135 cm³/mol. The minimum atomic E-state index is -1.16. The summed E-state index contributed by atoms with van der Waals surface area (Å²) in [7, 11) is 1.59. The third-order valence-electron chi connectivity index (χ3n) is 6.03. The zero-order chi connectivity index (χ0) is 25.2. The van der Waals surface area contributed by atoms with E-state index in [0.29, 0.717) is 11.5 Å². The van der Waals surface area contributed by atoms with Gasteiger partial charge in [-0.1, -0.05) is 30.3 Å². The Morgan fingerprint density at radius 2 is 1.77 bits per heavy atom. The number of hydrogen-bond acceptors (Lipinski definition) is 8. The molecule has 0 spiro atoms. The van der Waals surface area contributed by atoms with Gasteiger partial charge in [-0.3, -0.25) is 9.59 Å². The van der Waals surface area contributed by atoms with E-state index < -0.39 is 32.9 Å². The van der Waals surface area contributed by atoms with E-state index in [0.717, 1.165) is 5.56 Å². The van der Waals surface area contributed by atoms with Gasteiger partial charge in [-0.15, -0.1) is 23.5 Å². The highest BCUT2D eigenvalue weighted by atomic mass is 32.2. The molecule has 2 amide bonds. The summed E-state index contributed by atoms with van der Waals surface area (Å²) in [4.78, 5) is 39.5. The Morgan fingerprint density at radius 1 is 1.09 bits per heavy atom. The van der Waals surface area contributed by atoms with Gasteiger partial charge >= 0.3 is 5.97 Å². The van der Waals surface area contributed by atoms with Gasteiger partial charge in [0, 0.05) is 4.75 Å². The van der Waals surface area contributed by atoms with E-state index in [1.807, 2.05) is 44.2 Å². The molecule has 2 aromatic rings. The van der Waals surface area contributed by atoms with E-state index in [2.05, 4.69) is 5.32 Å². The molecule has 10 heteroatoms. The summed E-state index contributed by atoms with van der Waals surface area (Å²) in [5.74, 6) is 0.0979. The van der Waals surface area contributed by atoms with E-state index in [4.69, 9.17) is 14.2 Å². The molecule has 2 heterocycles. The van der Waals surface area contributed by atoms with Crippen molar-refractivity contribution in [3.05, 3.63) is 60.2 Å². The van der Waals surface area contributed by atoms with Crippen LogP contribution in [0.4, 0.5) is 0 Å². The Kier molecular flexibility index (Phi) is 7.23. The van der Waals surface area contributed by atoms with Crippen LogP contribution in [0.2, 0.25) is 0 Å². The zero-order valence-electron chi connectivity index (χ0n) is 20.0. The van der Waals surface area contributed by atoms with Crippen molar-refractivity contribution < 1.29 is 28.6 Å². The van der Waals surface area contributed by atoms with Crippen LogP contribution in [0.3, 0.4) is 0 Å². The number of thioether (sulfide) groups is 2. The first-order valence-corrected chi connectivity index (χ1v) is 13.2. The number of hydrogen-bond donors (Lipinski definition) is 1. The van der Waals surface area contributed by atoms with Crippen LogP contribution in [0.1, 0.15) is 19.4 Å². The maximum atomic E-state index is 13.4. The third-order valence-corrected chi connectivity index (χ3v) is 8.96. The second-order valence-corrected chi connectivity index (χ2v) is 11.5. The highest BCUT2D eigenvalue weighted by Crippen LogP contribution is 2.57. The number of fused-ring (bicyclic) bond motifs is 1. The number of nitrogens with zero attached hydrogens (tertiary/aromatic N) is 1. The smallest absolute Gasteiger partial charge is 0.330 e. The average molecular weight is 517 g/mol. The number of benzene rings is 2. The summed E-state index contributed by atoms with van der Waals surface area (Å²) in [6, 6.07) is 15.5. The van der Waals surface area contributed by atoms with E-state index in [1.165, 1.54) is 28.4 Å². The molecule has 0 radical (unpaired) electrons. The van der Waals surface area contributed by atoms with Gasteiger partial charge in [-0.25, -0.2) is 4.79 Å². The molecule has 8 nitrogen and oxygen atoms in total. The summed E-state index contributed by atoms with van der Waals surface area (Å²) in [6.45, 7) is 3.70. The highest BCUT2D eigenvalue weighted by molar-refractivity contribution is 8.05. The first-order chi connectivity index (χ1) is 16.7. The van der Waals surface area contributed by atoms with E-state index >= 15 is 0 Å². The number of carbonyl (C=O) groups is 3. The first kappa shape index (κ1) is 25.2. The molecule has 2 aliphatic rings. The van der Waals surface area contributed by atoms with Crippen LogP contribution in [0.25, 0.3) is 0 Å². The van der Waals surface area contributed by atoms with Gasteiger partial charge in [0.2, 0.25) is 0 Å². The molecule has 35 heavy (non-hydrogen) atoms. The highest BCUT2D eigenvalue weighted by Gasteiger charge is 2.72. The number of para-hydroxylation sites is 1. The molecule has 0 saturated carbocycles. The normalized spacial score (nSPS) is 24.2. The molecular weight excluding hydrogens is 488 g/mol. The van der Waals surface area contributed by atoms with Gasteiger partial charge in [0.1, 0.15) is 29.5 Å². The Balaban J connectivity index is 1.41. The molecule has 3 atom stereocenters. The molecular formula is C25H28N2O6S2. The van der Waals surface area contributed by atoms with E-state index in [1.54, 1.807) is 37.6 Å². The number of esters is 1. The summed E-state index contributed by atoms with van der Waals surface area (Å²) < 4.78 is 15.7. The topological polar surface area (TPSA) is 94.2 Å². The van der Waals surface area contributed by atoms with Gasteiger partial charge in [-0.05, 0) is 49.9 Å². The molecule has 0 bridgehead atoms. The number of carbonyl (C=O) groups excluding carboxylic acids is 3. The molecule has 0 unspecified atom stereocenters. The minimum absolute atomic E-state index is 0.0913. The molecule has 1 N–H and O–H groups in total. The van der Waals surface area contributed by atoms with Crippen molar-refractivity contribution in [1.29, 1.82) is 0 Å². The third kappa shape index (κ3) is 4.81. The van der Waals surface area contributed by atoms with Crippen molar-refractivity contribution in [2.75, 3.05) is 20.0 Å². The molecule has 0 aliphatic carbocycles. The van der Waals surface area contributed by atoms with Crippen molar-refractivity contribution in [2.45, 2.75) is 41.5 Å². The Morgan fingerprint density at radius 3 is 2.40 bits per heavy atom. The lowest BCUT2D eigenvalue weighted by atomic mass is 9.95. The summed E-state index contributed by atoms with van der Waals surface area (Å²) in [5.41, 5.74) is 0.818. The van der Waals surface area contributed by atoms with Crippen LogP contribution < -0.4 is 14.8 Å². The maximum absolute atomic E-state index is 13.4. The van der Waals surface area contributed by atoms with Crippen LogP contribution in [0.15, 0.2) is 54.6 Å². The number of rotatable bonds is 9. The number of ether oxygens (including phenoxy) is 3. The molecule has 0 aromatic heterocycles. The summed E-state index contributed by atoms with van der Waals surface area (Å²) in [6.07, 6.45) is 1.77. The fraction of sp³-hybridized carbons (Fsp3) is 0.400. The van der Waals surface area contributed by atoms with Crippen LogP contribution in [-0.2, 0) is 25.7 Å². The van der Waals surface area contributed by atoms with Gasteiger partial charge in [0.05, 0.1) is 7.11 Å².